The van der Waals surface area contributed by atoms with E-state index in [1.165, 1.54) is 4.90 Å². The van der Waals surface area contributed by atoms with Crippen molar-refractivity contribution in [2.75, 3.05) is 13.1 Å². The van der Waals surface area contributed by atoms with E-state index in [0.29, 0.717) is 24.1 Å². The molecule has 0 aliphatic carbocycles. The second-order valence-corrected chi connectivity index (χ2v) is 4.68. The first-order valence-corrected chi connectivity index (χ1v) is 6.44. The number of carboxylic acids is 1. The number of hydrogen-bond donors (Lipinski definition) is 2. The molecule has 1 atom stereocenters. The summed E-state index contributed by atoms with van der Waals surface area (Å²) in [6.07, 6.45) is 0.517. The Morgan fingerprint density at radius 3 is 2.30 bits per heavy atom. The normalized spacial score (nSPS) is 15.3. The molecule has 20 heavy (non-hydrogen) atoms. The molecule has 1 heterocycles. The van der Waals surface area contributed by atoms with Gasteiger partial charge in [0.25, 0.3) is 11.8 Å². The van der Waals surface area contributed by atoms with Crippen molar-refractivity contribution in [2.45, 2.75) is 19.4 Å². The number of amides is 2. The van der Waals surface area contributed by atoms with E-state index in [2.05, 4.69) is 5.32 Å². The number of rotatable bonds is 6. The lowest BCUT2D eigenvalue weighted by atomic mass is 10.1. The molecule has 1 aliphatic rings. The third-order valence-electron chi connectivity index (χ3n) is 3.26. The topological polar surface area (TPSA) is 86.7 Å². The lowest BCUT2D eigenvalue weighted by Crippen LogP contribution is -2.37. The van der Waals surface area contributed by atoms with E-state index >= 15 is 0 Å². The number of carbonyl (C=O) groups is 3. The maximum Gasteiger partial charge on any atom is 0.320 e. The highest BCUT2D eigenvalue weighted by molar-refractivity contribution is 6.21. The van der Waals surface area contributed by atoms with Crippen LogP contribution in [0.1, 0.15) is 34.1 Å². The lowest BCUT2D eigenvalue weighted by Gasteiger charge is -2.14. The Balaban J connectivity index is 1.88. The average molecular weight is 276 g/mol. The van der Waals surface area contributed by atoms with E-state index in [-0.39, 0.29) is 18.4 Å². The summed E-state index contributed by atoms with van der Waals surface area (Å²) >= 11 is 0. The van der Waals surface area contributed by atoms with Crippen LogP contribution in [0.25, 0.3) is 0 Å². The van der Waals surface area contributed by atoms with Gasteiger partial charge in [0.15, 0.2) is 0 Å². The molecule has 0 fully saturated rings. The van der Waals surface area contributed by atoms with Gasteiger partial charge in [0.2, 0.25) is 0 Å². The summed E-state index contributed by atoms with van der Waals surface area (Å²) in [6.45, 7) is 2.26. The van der Waals surface area contributed by atoms with E-state index in [9.17, 15) is 14.4 Å². The lowest BCUT2D eigenvalue weighted by molar-refractivity contribution is -0.139. The van der Waals surface area contributed by atoms with Gasteiger partial charge in [-0.15, -0.1) is 0 Å². The molecular weight excluding hydrogens is 260 g/mol. The van der Waals surface area contributed by atoms with Gasteiger partial charge in [-0.1, -0.05) is 12.1 Å². The van der Waals surface area contributed by atoms with Crippen molar-refractivity contribution >= 4 is 17.8 Å². The van der Waals surface area contributed by atoms with Crippen molar-refractivity contribution in [3.8, 4) is 0 Å². The molecule has 0 saturated carbocycles. The quantitative estimate of drug-likeness (QED) is 0.591. The maximum absolute atomic E-state index is 12.0. The molecule has 0 bridgehead atoms. The van der Waals surface area contributed by atoms with Crippen LogP contribution in [0.5, 0.6) is 0 Å². The Labute approximate surface area is 116 Å². The number of aliphatic carboxylic acids is 1. The zero-order valence-electron chi connectivity index (χ0n) is 11.1. The zero-order chi connectivity index (χ0) is 14.7. The summed E-state index contributed by atoms with van der Waals surface area (Å²) in [5.41, 5.74) is 0.869. The number of fused-ring (bicyclic) bond motifs is 1. The van der Waals surface area contributed by atoms with E-state index in [1.54, 1.807) is 31.2 Å². The molecule has 6 heteroatoms. The zero-order valence-corrected chi connectivity index (χ0v) is 11.1. The highest BCUT2D eigenvalue weighted by atomic mass is 16.4. The highest BCUT2D eigenvalue weighted by Crippen LogP contribution is 2.22. The number of nitrogens with one attached hydrogen (secondary N) is 1. The molecule has 106 valence electrons. The van der Waals surface area contributed by atoms with E-state index in [4.69, 9.17) is 5.11 Å². The monoisotopic (exact) mass is 276 g/mol. The van der Waals surface area contributed by atoms with Crippen molar-refractivity contribution in [1.29, 1.82) is 0 Å². The standard InChI is InChI=1S/C14H16N2O4/c1-9(14(19)20)15-7-4-8-16-12(17)10-5-2-3-6-11(10)13(16)18/h2-3,5-6,9,15H,4,7-8H2,1H3,(H,19,20). The second kappa shape index (κ2) is 5.83. The van der Waals surface area contributed by atoms with E-state index in [1.807, 2.05) is 0 Å². The predicted molar refractivity (Wildman–Crippen MR) is 71.5 cm³/mol. The predicted octanol–water partition coefficient (Wildman–Crippen LogP) is 0.735. The summed E-state index contributed by atoms with van der Waals surface area (Å²) in [4.78, 5) is 35.9. The van der Waals surface area contributed by atoms with Gasteiger partial charge in [0, 0.05) is 6.54 Å². The van der Waals surface area contributed by atoms with Gasteiger partial charge < -0.3 is 10.4 Å². The first-order valence-electron chi connectivity index (χ1n) is 6.44. The molecule has 1 unspecified atom stereocenters. The van der Waals surface area contributed by atoms with Crippen LogP contribution in [0.3, 0.4) is 0 Å². The van der Waals surface area contributed by atoms with Crippen LogP contribution in [-0.4, -0.2) is 46.9 Å². The van der Waals surface area contributed by atoms with Crippen molar-refractivity contribution in [1.82, 2.24) is 10.2 Å². The molecule has 0 aromatic heterocycles. The van der Waals surface area contributed by atoms with Crippen LogP contribution in [0.4, 0.5) is 0 Å². The molecule has 1 aromatic carbocycles. The van der Waals surface area contributed by atoms with Crippen LogP contribution in [-0.2, 0) is 4.79 Å². The molecule has 0 spiro atoms. The number of benzene rings is 1. The molecule has 6 nitrogen and oxygen atoms in total. The molecule has 2 N–H and O–H groups in total. The molecule has 0 radical (unpaired) electrons. The highest BCUT2D eigenvalue weighted by Gasteiger charge is 2.34. The Morgan fingerprint density at radius 1 is 1.25 bits per heavy atom. The molecule has 0 saturated heterocycles. The van der Waals surface area contributed by atoms with Gasteiger partial charge in [-0.3, -0.25) is 19.3 Å². The molecule has 2 rings (SSSR count). The minimum absolute atomic E-state index is 0.281. The summed E-state index contributed by atoms with van der Waals surface area (Å²) < 4.78 is 0. The van der Waals surface area contributed by atoms with E-state index in [0.717, 1.165) is 0 Å². The summed E-state index contributed by atoms with van der Waals surface area (Å²) in [5, 5.41) is 11.5. The Hall–Kier alpha value is -2.21. The number of nitrogens with zero attached hydrogens (tertiary/aromatic N) is 1. The molecule has 1 aromatic rings. The fourth-order valence-electron chi connectivity index (χ4n) is 2.09. The Kier molecular flexibility index (Phi) is 4.14. The van der Waals surface area contributed by atoms with Crippen LogP contribution in [0.2, 0.25) is 0 Å². The smallest absolute Gasteiger partial charge is 0.320 e. The fourth-order valence-corrected chi connectivity index (χ4v) is 2.09. The minimum Gasteiger partial charge on any atom is -0.480 e. The van der Waals surface area contributed by atoms with Crippen LogP contribution in [0, 0.1) is 0 Å². The molecule has 2 amide bonds. The Bertz CT molecular complexity index is 521. The van der Waals surface area contributed by atoms with Gasteiger partial charge in [0.1, 0.15) is 6.04 Å². The van der Waals surface area contributed by atoms with Crippen molar-refractivity contribution in [2.24, 2.45) is 0 Å². The van der Waals surface area contributed by atoms with Gasteiger partial charge in [-0.25, -0.2) is 0 Å². The van der Waals surface area contributed by atoms with Crippen molar-refractivity contribution in [3.05, 3.63) is 35.4 Å². The van der Waals surface area contributed by atoms with Crippen LogP contribution >= 0.6 is 0 Å². The molecular formula is C14H16N2O4. The Morgan fingerprint density at radius 2 is 1.80 bits per heavy atom. The largest absolute Gasteiger partial charge is 0.480 e. The van der Waals surface area contributed by atoms with Gasteiger partial charge in [-0.05, 0) is 32.0 Å². The number of hydrogen-bond acceptors (Lipinski definition) is 4. The van der Waals surface area contributed by atoms with Gasteiger partial charge >= 0.3 is 5.97 Å². The number of imide groups is 1. The maximum atomic E-state index is 12.0. The van der Waals surface area contributed by atoms with Gasteiger partial charge in [-0.2, -0.15) is 0 Å². The number of carbonyl (C=O) groups excluding carboxylic acids is 2. The summed E-state index contributed by atoms with van der Waals surface area (Å²) in [6, 6.07) is 6.09. The minimum atomic E-state index is -0.925. The molecule has 1 aliphatic heterocycles. The van der Waals surface area contributed by atoms with Crippen LogP contribution in [0.15, 0.2) is 24.3 Å². The van der Waals surface area contributed by atoms with Crippen LogP contribution < -0.4 is 5.32 Å². The average Bonchev–Trinajstić information content (AvgIpc) is 2.68. The third kappa shape index (κ3) is 2.70. The van der Waals surface area contributed by atoms with Gasteiger partial charge in [0.05, 0.1) is 11.1 Å². The first-order chi connectivity index (χ1) is 9.52. The van der Waals surface area contributed by atoms with Crippen molar-refractivity contribution < 1.29 is 19.5 Å². The number of carboxylic acid groups (broad SMARTS) is 1. The van der Waals surface area contributed by atoms with E-state index < -0.39 is 12.0 Å². The van der Waals surface area contributed by atoms with Crippen molar-refractivity contribution in [3.63, 3.8) is 0 Å². The SMILES string of the molecule is CC(NCCCN1C(=O)c2ccccc2C1=O)C(=O)O. The second-order valence-electron chi connectivity index (χ2n) is 4.68. The fraction of sp³-hybridized carbons (Fsp3) is 0.357. The first kappa shape index (κ1) is 14.2. The summed E-state index contributed by atoms with van der Waals surface area (Å²) in [5.74, 6) is -1.49. The third-order valence-corrected chi connectivity index (χ3v) is 3.26. The summed E-state index contributed by atoms with van der Waals surface area (Å²) in [7, 11) is 0.